The van der Waals surface area contributed by atoms with Crippen molar-refractivity contribution in [3.8, 4) is 0 Å². The van der Waals surface area contributed by atoms with E-state index in [9.17, 15) is 4.79 Å². The summed E-state index contributed by atoms with van der Waals surface area (Å²) in [6.45, 7) is 8.59. The molecule has 1 N–H and O–H groups in total. The van der Waals surface area contributed by atoms with E-state index in [0.29, 0.717) is 12.5 Å². The lowest BCUT2D eigenvalue weighted by Crippen LogP contribution is -2.32. The van der Waals surface area contributed by atoms with E-state index in [-0.39, 0.29) is 11.2 Å². The topological polar surface area (TPSA) is 29.1 Å². The minimum atomic E-state index is 0.127. The highest BCUT2D eigenvalue weighted by molar-refractivity contribution is 5.91. The Balaban J connectivity index is 2.65. The van der Waals surface area contributed by atoms with Crippen molar-refractivity contribution >= 4 is 5.78 Å². The van der Waals surface area contributed by atoms with Gasteiger partial charge in [0, 0.05) is 24.2 Å². The first-order valence-corrected chi connectivity index (χ1v) is 5.43. The Labute approximate surface area is 86.8 Å². The first-order chi connectivity index (χ1) is 6.43. The molecule has 1 aliphatic rings. The van der Waals surface area contributed by atoms with Crippen LogP contribution in [-0.4, -0.2) is 11.8 Å². The van der Waals surface area contributed by atoms with Gasteiger partial charge < -0.3 is 5.32 Å². The van der Waals surface area contributed by atoms with E-state index < -0.39 is 0 Å². The van der Waals surface area contributed by atoms with Crippen LogP contribution in [0.5, 0.6) is 0 Å². The van der Waals surface area contributed by atoms with Crippen molar-refractivity contribution in [3.05, 3.63) is 11.8 Å². The molecule has 0 saturated carbocycles. The molecule has 0 bridgehead atoms. The van der Waals surface area contributed by atoms with E-state index in [1.807, 2.05) is 0 Å². The summed E-state index contributed by atoms with van der Waals surface area (Å²) in [6.07, 6.45) is 4.53. The molecule has 2 heteroatoms. The molecule has 0 aromatic carbocycles. The van der Waals surface area contributed by atoms with Crippen LogP contribution >= 0.6 is 0 Å². The molecule has 1 aliphatic carbocycles. The van der Waals surface area contributed by atoms with Gasteiger partial charge in [-0.3, -0.25) is 4.79 Å². The lowest BCUT2D eigenvalue weighted by atomic mass is 9.79. The molecule has 2 nitrogen and oxygen atoms in total. The summed E-state index contributed by atoms with van der Waals surface area (Å²) in [5, 5.41) is 3.39. The summed E-state index contributed by atoms with van der Waals surface area (Å²) >= 11 is 0. The largest absolute Gasteiger partial charge is 0.386 e. The van der Waals surface area contributed by atoms with Gasteiger partial charge in [-0.2, -0.15) is 0 Å². The molecular weight excluding hydrogens is 174 g/mol. The van der Waals surface area contributed by atoms with Crippen LogP contribution in [0.1, 0.15) is 47.0 Å². The molecule has 1 unspecified atom stereocenters. The highest BCUT2D eigenvalue weighted by atomic mass is 16.1. The number of nitrogens with one attached hydrogen (secondary N) is 1. The van der Waals surface area contributed by atoms with Crippen LogP contribution in [0.4, 0.5) is 0 Å². The third-order valence-corrected chi connectivity index (χ3v) is 2.70. The number of allylic oxidation sites excluding steroid dienone is 2. The van der Waals surface area contributed by atoms with Crippen LogP contribution in [0, 0.1) is 5.41 Å². The molecule has 0 heterocycles. The molecule has 14 heavy (non-hydrogen) atoms. The van der Waals surface area contributed by atoms with Crippen LogP contribution in [0.25, 0.3) is 0 Å². The Kier molecular flexibility index (Phi) is 3.35. The maximum Gasteiger partial charge on any atom is 0.157 e. The number of hydrogen-bond acceptors (Lipinski definition) is 2. The van der Waals surface area contributed by atoms with Crippen LogP contribution < -0.4 is 5.32 Å². The monoisotopic (exact) mass is 195 g/mol. The molecule has 0 aromatic rings. The predicted molar refractivity (Wildman–Crippen MR) is 59.0 cm³/mol. The van der Waals surface area contributed by atoms with Gasteiger partial charge in [0.15, 0.2) is 5.78 Å². The molecule has 1 rings (SSSR count). The van der Waals surface area contributed by atoms with E-state index in [2.05, 4.69) is 33.0 Å². The zero-order valence-electron chi connectivity index (χ0n) is 9.68. The Hall–Kier alpha value is -0.790. The smallest absolute Gasteiger partial charge is 0.157 e. The Bertz CT molecular complexity index is 253. The lowest BCUT2D eigenvalue weighted by Gasteiger charge is -2.30. The molecule has 0 saturated heterocycles. The first-order valence-electron chi connectivity index (χ1n) is 5.43. The van der Waals surface area contributed by atoms with Gasteiger partial charge in [-0.05, 0) is 25.2 Å². The molecule has 0 radical (unpaired) electrons. The van der Waals surface area contributed by atoms with Gasteiger partial charge in [0.25, 0.3) is 0 Å². The van der Waals surface area contributed by atoms with Crippen molar-refractivity contribution in [1.29, 1.82) is 0 Å². The molecule has 0 fully saturated rings. The van der Waals surface area contributed by atoms with Crippen molar-refractivity contribution < 1.29 is 4.79 Å². The van der Waals surface area contributed by atoms with Crippen molar-refractivity contribution in [2.75, 3.05) is 0 Å². The van der Waals surface area contributed by atoms with E-state index in [1.54, 1.807) is 6.08 Å². The van der Waals surface area contributed by atoms with Gasteiger partial charge in [-0.15, -0.1) is 0 Å². The van der Waals surface area contributed by atoms with Crippen molar-refractivity contribution in [1.82, 2.24) is 5.32 Å². The third kappa shape index (κ3) is 3.17. The van der Waals surface area contributed by atoms with Gasteiger partial charge in [0.05, 0.1) is 0 Å². The molecule has 0 spiro atoms. The second kappa shape index (κ2) is 4.16. The minimum absolute atomic E-state index is 0.127. The van der Waals surface area contributed by atoms with Gasteiger partial charge in [-0.25, -0.2) is 0 Å². The summed E-state index contributed by atoms with van der Waals surface area (Å²) in [4.78, 5) is 11.4. The molecule has 0 amide bonds. The fourth-order valence-electron chi connectivity index (χ4n) is 1.86. The Morgan fingerprint density at radius 3 is 2.64 bits per heavy atom. The quantitative estimate of drug-likeness (QED) is 0.750. The van der Waals surface area contributed by atoms with E-state index in [0.717, 1.165) is 18.5 Å². The molecular formula is C12H21NO. The standard InChI is InChI=1S/C12H21NO/c1-5-9(2)13-10-6-11(14)8-12(3,4)7-10/h6,9,13H,5,7-8H2,1-4H3. The summed E-state index contributed by atoms with van der Waals surface area (Å²) in [7, 11) is 0. The van der Waals surface area contributed by atoms with Crippen LogP contribution in [0.2, 0.25) is 0 Å². The van der Waals surface area contributed by atoms with Crippen LogP contribution in [-0.2, 0) is 4.79 Å². The zero-order chi connectivity index (χ0) is 10.8. The predicted octanol–water partition coefficient (Wildman–Crippen LogP) is 2.65. The van der Waals surface area contributed by atoms with Gasteiger partial charge >= 0.3 is 0 Å². The SMILES string of the molecule is CCC(C)NC1=CC(=O)CC(C)(C)C1. The van der Waals surface area contributed by atoms with Gasteiger partial charge in [0.1, 0.15) is 0 Å². The second-order valence-corrected chi connectivity index (χ2v) is 5.11. The summed E-state index contributed by atoms with van der Waals surface area (Å²) in [5.74, 6) is 0.257. The fraction of sp³-hybridized carbons (Fsp3) is 0.750. The number of rotatable bonds is 3. The highest BCUT2D eigenvalue weighted by Gasteiger charge is 2.27. The average Bonchev–Trinajstić information content (AvgIpc) is 1.99. The van der Waals surface area contributed by atoms with Crippen LogP contribution in [0.3, 0.4) is 0 Å². The van der Waals surface area contributed by atoms with Crippen molar-refractivity contribution in [2.45, 2.75) is 53.0 Å². The summed E-state index contributed by atoms with van der Waals surface area (Å²) < 4.78 is 0. The molecule has 0 aliphatic heterocycles. The first kappa shape index (κ1) is 11.3. The number of ketones is 1. The molecule has 1 atom stereocenters. The van der Waals surface area contributed by atoms with Gasteiger partial charge in [-0.1, -0.05) is 20.8 Å². The third-order valence-electron chi connectivity index (χ3n) is 2.70. The highest BCUT2D eigenvalue weighted by Crippen LogP contribution is 2.32. The average molecular weight is 195 g/mol. The molecule has 80 valence electrons. The summed E-state index contributed by atoms with van der Waals surface area (Å²) in [5.41, 5.74) is 1.24. The lowest BCUT2D eigenvalue weighted by molar-refractivity contribution is -0.117. The van der Waals surface area contributed by atoms with Gasteiger partial charge in [0.2, 0.25) is 0 Å². The minimum Gasteiger partial charge on any atom is -0.386 e. The maximum absolute atomic E-state index is 11.4. The Morgan fingerprint density at radius 1 is 1.50 bits per heavy atom. The number of carbonyl (C=O) groups excluding carboxylic acids is 1. The number of carbonyl (C=O) groups is 1. The normalized spacial score (nSPS) is 22.9. The van der Waals surface area contributed by atoms with Crippen molar-refractivity contribution in [2.24, 2.45) is 5.41 Å². The fourth-order valence-corrected chi connectivity index (χ4v) is 1.86. The van der Waals surface area contributed by atoms with E-state index >= 15 is 0 Å². The van der Waals surface area contributed by atoms with Crippen LogP contribution in [0.15, 0.2) is 11.8 Å². The Morgan fingerprint density at radius 2 is 2.14 bits per heavy atom. The maximum atomic E-state index is 11.4. The second-order valence-electron chi connectivity index (χ2n) is 5.11. The summed E-state index contributed by atoms with van der Waals surface area (Å²) in [6, 6.07) is 0.461. The number of hydrogen-bond donors (Lipinski definition) is 1. The zero-order valence-corrected chi connectivity index (χ0v) is 9.68. The van der Waals surface area contributed by atoms with E-state index in [4.69, 9.17) is 0 Å². The van der Waals surface area contributed by atoms with E-state index in [1.165, 1.54) is 0 Å². The molecule has 0 aromatic heterocycles. The van der Waals surface area contributed by atoms with Crippen molar-refractivity contribution in [3.63, 3.8) is 0 Å².